The number of carbonyl (C=O) groups is 3. The fraction of sp³-hybridized carbons (Fsp3) is 0.273. The summed E-state index contributed by atoms with van der Waals surface area (Å²) >= 11 is 0. The van der Waals surface area contributed by atoms with Crippen LogP contribution in [0.4, 0.5) is 5.69 Å². The zero-order valence-electron chi connectivity index (χ0n) is 16.4. The van der Waals surface area contributed by atoms with Gasteiger partial charge in [0, 0.05) is 5.69 Å². The van der Waals surface area contributed by atoms with Gasteiger partial charge in [0.15, 0.2) is 11.7 Å². The summed E-state index contributed by atoms with van der Waals surface area (Å²) in [5.74, 6) is -3.38. The predicted molar refractivity (Wildman–Crippen MR) is 107 cm³/mol. The number of nitrogens with zero attached hydrogens (tertiary/aromatic N) is 2. The maximum atomic E-state index is 13.3. The number of hydrogen-bond donors (Lipinski definition) is 1. The summed E-state index contributed by atoms with van der Waals surface area (Å²) in [5, 5.41) is 0. The molecular formula is C22H21N3O4. The first kappa shape index (κ1) is 18.9. The van der Waals surface area contributed by atoms with E-state index in [1.54, 1.807) is 69.6 Å². The second-order valence-corrected chi connectivity index (χ2v) is 7.99. The van der Waals surface area contributed by atoms with Gasteiger partial charge in [-0.25, -0.2) is 4.98 Å². The van der Waals surface area contributed by atoms with Crippen molar-refractivity contribution in [2.24, 2.45) is 5.92 Å². The molecular weight excluding hydrogens is 370 g/mol. The number of ether oxygens (including phenoxy) is 1. The van der Waals surface area contributed by atoms with E-state index in [0.29, 0.717) is 11.3 Å². The molecule has 1 saturated heterocycles. The average molecular weight is 391 g/mol. The largest absolute Gasteiger partial charge is 0.459 e. The van der Waals surface area contributed by atoms with E-state index in [9.17, 15) is 14.4 Å². The van der Waals surface area contributed by atoms with Crippen molar-refractivity contribution in [1.82, 2.24) is 9.97 Å². The Hall–Kier alpha value is -3.48. The normalized spacial score (nSPS) is 19.8. The number of amides is 1. The minimum Gasteiger partial charge on any atom is -0.459 e. The van der Waals surface area contributed by atoms with Crippen LogP contribution in [0.3, 0.4) is 0 Å². The van der Waals surface area contributed by atoms with E-state index < -0.39 is 35.2 Å². The first-order valence-electron chi connectivity index (χ1n) is 9.34. The maximum Gasteiger partial charge on any atom is 0.326 e. The first-order chi connectivity index (χ1) is 13.8. The number of ketones is 1. The summed E-state index contributed by atoms with van der Waals surface area (Å²) < 4.78 is 5.37. The fourth-order valence-electron chi connectivity index (χ4n) is 3.55. The van der Waals surface area contributed by atoms with Crippen molar-refractivity contribution in [2.75, 3.05) is 4.90 Å². The van der Waals surface area contributed by atoms with Crippen LogP contribution in [-0.2, 0) is 19.1 Å². The zero-order chi connectivity index (χ0) is 20.8. The summed E-state index contributed by atoms with van der Waals surface area (Å²) in [6, 6.07) is 13.3. The Bertz CT molecular complexity index is 1100. The molecule has 1 amide bonds. The number of aromatic amines is 1. The Morgan fingerprint density at radius 2 is 1.83 bits per heavy atom. The monoisotopic (exact) mass is 391 g/mol. The molecule has 1 N–H and O–H groups in total. The van der Waals surface area contributed by atoms with Gasteiger partial charge in [0.25, 0.3) is 0 Å². The molecule has 0 radical (unpaired) electrons. The summed E-state index contributed by atoms with van der Waals surface area (Å²) in [5.41, 5.74) is 1.82. The number of aromatic nitrogens is 2. The lowest BCUT2D eigenvalue weighted by Crippen LogP contribution is -2.36. The molecule has 148 valence electrons. The average Bonchev–Trinajstić information content (AvgIpc) is 3.22. The zero-order valence-corrected chi connectivity index (χ0v) is 16.4. The minimum atomic E-state index is -1.49. The molecule has 1 aliphatic heterocycles. The van der Waals surface area contributed by atoms with Gasteiger partial charge in [-0.1, -0.05) is 30.3 Å². The van der Waals surface area contributed by atoms with E-state index in [2.05, 4.69) is 9.97 Å². The lowest BCUT2D eigenvalue weighted by Gasteiger charge is -2.24. The second-order valence-electron chi connectivity index (χ2n) is 7.99. The van der Waals surface area contributed by atoms with E-state index in [4.69, 9.17) is 4.74 Å². The van der Waals surface area contributed by atoms with Gasteiger partial charge in [0.1, 0.15) is 11.6 Å². The van der Waals surface area contributed by atoms with Crippen molar-refractivity contribution in [3.05, 3.63) is 60.4 Å². The molecule has 7 heteroatoms. The number of benzene rings is 2. The predicted octanol–water partition coefficient (Wildman–Crippen LogP) is 3.18. The third kappa shape index (κ3) is 3.40. The van der Waals surface area contributed by atoms with Crippen molar-refractivity contribution >= 4 is 34.4 Å². The fourth-order valence-corrected chi connectivity index (χ4v) is 3.55. The SMILES string of the molecule is CC(C)(C)OC(=O)C1C(=O)C(c2ccccc2)N(c2ccc3nc[nH]c3c2)C1=O. The van der Waals surface area contributed by atoms with Crippen LogP contribution < -0.4 is 4.90 Å². The number of H-pyrrole nitrogens is 1. The molecule has 2 unspecified atom stereocenters. The van der Waals surface area contributed by atoms with Gasteiger partial charge in [0.2, 0.25) is 5.91 Å². The van der Waals surface area contributed by atoms with Gasteiger partial charge in [-0.05, 0) is 44.5 Å². The van der Waals surface area contributed by atoms with Crippen LogP contribution in [0.5, 0.6) is 0 Å². The van der Waals surface area contributed by atoms with Crippen LogP contribution in [0.25, 0.3) is 11.0 Å². The molecule has 1 aliphatic rings. The lowest BCUT2D eigenvalue weighted by atomic mass is 9.97. The molecule has 3 aromatic rings. The minimum absolute atomic E-state index is 0.486. The standard InChI is InChI=1S/C22H21N3O4/c1-22(2,3)29-21(28)17-19(26)18(13-7-5-4-6-8-13)25(20(17)27)14-9-10-15-16(11-14)24-12-23-15/h4-12,17-18H,1-3H3,(H,23,24). The molecule has 29 heavy (non-hydrogen) atoms. The third-order valence-corrected chi connectivity index (χ3v) is 4.74. The molecule has 0 saturated carbocycles. The lowest BCUT2D eigenvalue weighted by molar-refractivity contribution is -0.162. The number of hydrogen-bond acceptors (Lipinski definition) is 5. The smallest absolute Gasteiger partial charge is 0.326 e. The maximum absolute atomic E-state index is 13.3. The number of anilines is 1. The number of esters is 1. The number of fused-ring (bicyclic) bond motifs is 1. The van der Waals surface area contributed by atoms with Gasteiger partial charge in [-0.15, -0.1) is 0 Å². The Morgan fingerprint density at radius 1 is 1.10 bits per heavy atom. The third-order valence-electron chi connectivity index (χ3n) is 4.74. The molecule has 4 rings (SSSR count). The Kier molecular flexibility index (Phi) is 4.45. The van der Waals surface area contributed by atoms with Gasteiger partial charge in [-0.3, -0.25) is 19.3 Å². The summed E-state index contributed by atoms with van der Waals surface area (Å²) in [6.07, 6.45) is 1.56. The highest BCUT2D eigenvalue weighted by Crippen LogP contribution is 2.39. The molecule has 1 aromatic heterocycles. The molecule has 2 aromatic carbocycles. The van der Waals surface area contributed by atoms with E-state index in [1.165, 1.54) is 4.90 Å². The number of rotatable bonds is 3. The molecule has 0 aliphatic carbocycles. The molecule has 1 fully saturated rings. The van der Waals surface area contributed by atoms with Gasteiger partial charge in [-0.2, -0.15) is 0 Å². The van der Waals surface area contributed by atoms with Crippen molar-refractivity contribution in [3.8, 4) is 0 Å². The molecule has 7 nitrogen and oxygen atoms in total. The number of Topliss-reactive ketones (excluding diaryl/α,β-unsaturated/α-hetero) is 1. The summed E-state index contributed by atoms with van der Waals surface area (Å²) in [7, 11) is 0. The highest BCUT2D eigenvalue weighted by molar-refractivity contribution is 6.29. The topological polar surface area (TPSA) is 92.4 Å². The van der Waals surface area contributed by atoms with Crippen molar-refractivity contribution in [2.45, 2.75) is 32.4 Å². The molecule has 2 atom stereocenters. The quantitative estimate of drug-likeness (QED) is 0.547. The molecule has 0 bridgehead atoms. The van der Waals surface area contributed by atoms with E-state index >= 15 is 0 Å². The van der Waals surface area contributed by atoms with Crippen LogP contribution in [0.2, 0.25) is 0 Å². The van der Waals surface area contributed by atoms with E-state index in [0.717, 1.165) is 11.0 Å². The van der Waals surface area contributed by atoms with Gasteiger partial charge < -0.3 is 9.72 Å². The first-order valence-corrected chi connectivity index (χ1v) is 9.34. The molecule has 0 spiro atoms. The summed E-state index contributed by atoms with van der Waals surface area (Å²) in [4.78, 5) is 47.8. The van der Waals surface area contributed by atoms with E-state index in [1.807, 2.05) is 6.07 Å². The second kappa shape index (κ2) is 6.84. The van der Waals surface area contributed by atoms with Gasteiger partial charge >= 0.3 is 5.97 Å². The van der Waals surface area contributed by atoms with Gasteiger partial charge in [0.05, 0.1) is 17.4 Å². The summed E-state index contributed by atoms with van der Waals surface area (Å²) in [6.45, 7) is 5.11. The number of carbonyl (C=O) groups excluding carboxylic acids is 3. The Morgan fingerprint density at radius 3 is 2.52 bits per heavy atom. The van der Waals surface area contributed by atoms with Crippen molar-refractivity contribution < 1.29 is 19.1 Å². The van der Waals surface area contributed by atoms with E-state index in [-0.39, 0.29) is 0 Å². The van der Waals surface area contributed by atoms with Crippen molar-refractivity contribution in [1.29, 1.82) is 0 Å². The highest BCUT2D eigenvalue weighted by atomic mass is 16.6. The number of nitrogens with one attached hydrogen (secondary N) is 1. The van der Waals surface area contributed by atoms with Crippen LogP contribution in [0, 0.1) is 5.92 Å². The highest BCUT2D eigenvalue weighted by Gasteiger charge is 2.53. The van der Waals surface area contributed by atoms with Crippen LogP contribution in [0.15, 0.2) is 54.9 Å². The van der Waals surface area contributed by atoms with Crippen LogP contribution in [0.1, 0.15) is 32.4 Å². The van der Waals surface area contributed by atoms with Crippen LogP contribution >= 0.6 is 0 Å². The number of imidazole rings is 1. The Labute approximate surface area is 167 Å². The molecule has 2 heterocycles. The van der Waals surface area contributed by atoms with Crippen molar-refractivity contribution in [3.63, 3.8) is 0 Å². The van der Waals surface area contributed by atoms with Crippen LogP contribution in [-0.4, -0.2) is 33.2 Å². The Balaban J connectivity index is 1.80.